The predicted molar refractivity (Wildman–Crippen MR) is 120 cm³/mol. The Labute approximate surface area is 185 Å². The molecule has 1 aliphatic rings. The summed E-state index contributed by atoms with van der Waals surface area (Å²) < 4.78 is 27.2. The second kappa shape index (κ2) is 9.71. The molecule has 0 unspecified atom stereocenters. The molecule has 2 aromatic rings. The highest BCUT2D eigenvalue weighted by molar-refractivity contribution is 7.98. The van der Waals surface area contributed by atoms with Gasteiger partial charge in [-0.1, -0.05) is 35.3 Å². The van der Waals surface area contributed by atoms with E-state index >= 15 is 0 Å². The maximum atomic E-state index is 12.9. The number of nitrogens with one attached hydrogen (secondary N) is 1. The van der Waals surface area contributed by atoms with Gasteiger partial charge in [-0.2, -0.15) is 0 Å². The number of amides is 1. The lowest BCUT2D eigenvalue weighted by Crippen LogP contribution is -2.44. The molecule has 1 amide bonds. The number of carbonyl (C=O) groups excluding carboxylic acids is 1. The Morgan fingerprint density at radius 2 is 2.03 bits per heavy atom. The highest BCUT2D eigenvalue weighted by atomic mass is 35.5. The van der Waals surface area contributed by atoms with E-state index in [2.05, 4.69) is 5.32 Å². The normalized spacial score (nSPS) is 17.8. The number of hydrogen-bond donors (Lipinski definition) is 1. The molecule has 0 radical (unpaired) electrons. The van der Waals surface area contributed by atoms with E-state index in [4.69, 9.17) is 23.2 Å². The SMILES string of the molecule is CSc1cccc(NC(=O)[C@H]2CCCN(S(=O)(=O)Cc3ccc(Cl)cc3Cl)C2)c1. The first-order valence-electron chi connectivity index (χ1n) is 9.15. The predicted octanol–water partition coefficient (Wildman–Crippen LogP) is 4.90. The summed E-state index contributed by atoms with van der Waals surface area (Å²) in [6.07, 6.45) is 3.26. The van der Waals surface area contributed by atoms with Gasteiger partial charge in [-0.05, 0) is 55.0 Å². The summed E-state index contributed by atoms with van der Waals surface area (Å²) in [4.78, 5) is 13.8. The van der Waals surface area contributed by atoms with Crippen LogP contribution in [0.5, 0.6) is 0 Å². The number of thioether (sulfide) groups is 1. The quantitative estimate of drug-likeness (QED) is 0.607. The topological polar surface area (TPSA) is 66.5 Å². The van der Waals surface area contributed by atoms with E-state index in [9.17, 15) is 13.2 Å². The van der Waals surface area contributed by atoms with Crippen LogP contribution in [0.2, 0.25) is 10.0 Å². The minimum Gasteiger partial charge on any atom is -0.326 e. The van der Waals surface area contributed by atoms with Gasteiger partial charge in [0.25, 0.3) is 0 Å². The van der Waals surface area contributed by atoms with Gasteiger partial charge < -0.3 is 5.32 Å². The van der Waals surface area contributed by atoms with E-state index in [-0.39, 0.29) is 18.2 Å². The van der Waals surface area contributed by atoms with Gasteiger partial charge in [-0.3, -0.25) is 4.79 Å². The number of benzene rings is 2. The fraction of sp³-hybridized carbons (Fsp3) is 0.350. The van der Waals surface area contributed by atoms with E-state index in [0.717, 1.165) is 10.6 Å². The number of hydrogen-bond acceptors (Lipinski definition) is 4. The molecule has 0 aliphatic carbocycles. The molecule has 0 aromatic heterocycles. The highest BCUT2D eigenvalue weighted by Gasteiger charge is 2.32. The molecule has 1 fully saturated rings. The summed E-state index contributed by atoms with van der Waals surface area (Å²) >= 11 is 13.6. The number of sulfonamides is 1. The van der Waals surface area contributed by atoms with Crippen molar-refractivity contribution in [3.8, 4) is 0 Å². The van der Waals surface area contributed by atoms with Crippen LogP contribution in [0, 0.1) is 5.92 Å². The molecule has 1 atom stereocenters. The zero-order valence-electron chi connectivity index (χ0n) is 15.9. The van der Waals surface area contributed by atoms with Crippen LogP contribution < -0.4 is 5.32 Å². The monoisotopic (exact) mass is 472 g/mol. The maximum Gasteiger partial charge on any atom is 0.228 e. The van der Waals surface area contributed by atoms with Crippen molar-refractivity contribution >= 4 is 56.6 Å². The van der Waals surface area contributed by atoms with Crippen molar-refractivity contribution in [3.63, 3.8) is 0 Å². The Balaban J connectivity index is 1.68. The van der Waals surface area contributed by atoms with E-state index in [1.807, 2.05) is 30.5 Å². The molecule has 0 saturated carbocycles. The zero-order valence-corrected chi connectivity index (χ0v) is 19.0. The van der Waals surface area contributed by atoms with Crippen LogP contribution in [0.25, 0.3) is 0 Å². The second-order valence-corrected chi connectivity index (χ2v) is 10.6. The van der Waals surface area contributed by atoms with E-state index < -0.39 is 15.9 Å². The number of halogens is 2. The third-order valence-electron chi connectivity index (χ3n) is 4.84. The van der Waals surface area contributed by atoms with Crippen molar-refractivity contribution in [3.05, 3.63) is 58.1 Å². The Bertz CT molecular complexity index is 999. The molecule has 9 heteroatoms. The summed E-state index contributed by atoms with van der Waals surface area (Å²) in [6, 6.07) is 12.4. The number of rotatable bonds is 6. The minimum atomic E-state index is -3.60. The molecule has 156 valence electrons. The van der Waals surface area contributed by atoms with E-state index in [1.54, 1.807) is 23.9 Å². The van der Waals surface area contributed by atoms with Crippen LogP contribution in [0.15, 0.2) is 47.4 Å². The molecule has 3 rings (SSSR count). The van der Waals surface area contributed by atoms with Gasteiger partial charge in [0.1, 0.15) is 0 Å². The summed E-state index contributed by atoms with van der Waals surface area (Å²) in [5.41, 5.74) is 1.21. The van der Waals surface area contributed by atoms with Crippen molar-refractivity contribution < 1.29 is 13.2 Å². The molecule has 1 heterocycles. The first-order valence-corrected chi connectivity index (χ1v) is 12.7. The molecular weight excluding hydrogens is 451 g/mol. The Morgan fingerprint density at radius 3 is 2.76 bits per heavy atom. The van der Waals surface area contributed by atoms with Crippen molar-refractivity contribution in [2.24, 2.45) is 5.92 Å². The van der Waals surface area contributed by atoms with Crippen LogP contribution in [-0.2, 0) is 20.6 Å². The van der Waals surface area contributed by atoms with Crippen molar-refractivity contribution in [1.29, 1.82) is 0 Å². The number of anilines is 1. The van der Waals surface area contributed by atoms with Crippen LogP contribution in [0.4, 0.5) is 5.69 Å². The molecule has 2 aromatic carbocycles. The van der Waals surface area contributed by atoms with Crippen LogP contribution in [-0.4, -0.2) is 38.0 Å². The van der Waals surface area contributed by atoms with E-state index in [0.29, 0.717) is 35.0 Å². The molecule has 5 nitrogen and oxygen atoms in total. The largest absolute Gasteiger partial charge is 0.326 e. The van der Waals surface area contributed by atoms with Gasteiger partial charge in [0.15, 0.2) is 0 Å². The van der Waals surface area contributed by atoms with Crippen molar-refractivity contribution in [1.82, 2.24) is 4.31 Å². The van der Waals surface area contributed by atoms with Crippen LogP contribution >= 0.6 is 35.0 Å². The average molecular weight is 473 g/mol. The summed E-state index contributed by atoms with van der Waals surface area (Å²) in [6.45, 7) is 0.570. The number of nitrogens with zero attached hydrogens (tertiary/aromatic N) is 1. The van der Waals surface area contributed by atoms with Gasteiger partial charge >= 0.3 is 0 Å². The van der Waals surface area contributed by atoms with E-state index in [1.165, 1.54) is 10.4 Å². The zero-order chi connectivity index (χ0) is 21.0. The van der Waals surface area contributed by atoms with Gasteiger partial charge in [0.05, 0.1) is 11.7 Å². The Morgan fingerprint density at radius 1 is 1.24 bits per heavy atom. The smallest absolute Gasteiger partial charge is 0.228 e. The molecule has 0 spiro atoms. The second-order valence-electron chi connectivity index (χ2n) is 6.91. The molecule has 29 heavy (non-hydrogen) atoms. The van der Waals surface area contributed by atoms with Gasteiger partial charge in [-0.25, -0.2) is 12.7 Å². The lowest BCUT2D eigenvalue weighted by Gasteiger charge is -2.31. The fourth-order valence-electron chi connectivity index (χ4n) is 3.28. The van der Waals surface area contributed by atoms with Crippen molar-refractivity contribution in [2.75, 3.05) is 24.7 Å². The third kappa shape index (κ3) is 5.89. The molecule has 1 saturated heterocycles. The van der Waals surface area contributed by atoms with Gasteiger partial charge in [0.2, 0.25) is 15.9 Å². The number of piperidine rings is 1. The summed E-state index contributed by atoms with van der Waals surface area (Å²) in [5.74, 6) is -0.766. The van der Waals surface area contributed by atoms with Crippen molar-refractivity contribution in [2.45, 2.75) is 23.5 Å². The van der Waals surface area contributed by atoms with Gasteiger partial charge in [-0.15, -0.1) is 11.8 Å². The minimum absolute atomic E-state index is 0.160. The summed E-state index contributed by atoms with van der Waals surface area (Å²) in [5, 5.41) is 3.69. The number of carbonyl (C=O) groups is 1. The first kappa shape index (κ1) is 22.4. The van der Waals surface area contributed by atoms with Crippen LogP contribution in [0.3, 0.4) is 0 Å². The molecule has 1 aliphatic heterocycles. The molecule has 0 bridgehead atoms. The average Bonchev–Trinajstić information content (AvgIpc) is 2.70. The van der Waals surface area contributed by atoms with Crippen LogP contribution in [0.1, 0.15) is 18.4 Å². The molecular formula is C20H22Cl2N2O3S2. The maximum absolute atomic E-state index is 12.9. The fourth-order valence-corrected chi connectivity index (χ4v) is 5.94. The standard InChI is InChI=1S/C20H22Cl2N2O3S2/c1-28-18-6-2-5-17(11-18)23-20(25)14-4-3-9-24(12-14)29(26,27)13-15-7-8-16(21)10-19(15)22/h2,5-8,10-11,14H,3-4,9,12-13H2,1H3,(H,23,25)/t14-/m0/s1. The third-order valence-corrected chi connectivity index (χ3v) is 7.95. The molecule has 1 N–H and O–H groups in total. The highest BCUT2D eigenvalue weighted by Crippen LogP contribution is 2.27. The lowest BCUT2D eigenvalue weighted by molar-refractivity contribution is -0.120. The summed E-state index contributed by atoms with van der Waals surface area (Å²) in [7, 11) is -3.60. The lowest BCUT2D eigenvalue weighted by atomic mass is 9.99. The Kier molecular flexibility index (Phi) is 7.51. The Hall–Kier alpha value is -1.25. The van der Waals surface area contributed by atoms with Gasteiger partial charge in [0, 0.05) is 33.7 Å². The first-order chi connectivity index (χ1) is 13.8.